The molecule has 56 valence electrons. The van der Waals surface area contributed by atoms with Gasteiger partial charge in [-0.2, -0.15) is 0 Å². The number of aryl methyl sites for hydroxylation is 1. The van der Waals surface area contributed by atoms with Crippen molar-refractivity contribution in [2.24, 2.45) is 0 Å². The van der Waals surface area contributed by atoms with Crippen LogP contribution in [-0.4, -0.2) is 6.08 Å². The van der Waals surface area contributed by atoms with Gasteiger partial charge in [0, 0.05) is 0 Å². The second-order valence-corrected chi connectivity index (χ2v) is 2.57. The van der Waals surface area contributed by atoms with E-state index in [9.17, 15) is 0 Å². The maximum Gasteiger partial charge on any atom is 0.231 e. The van der Waals surface area contributed by atoms with Crippen molar-refractivity contribution in [1.82, 2.24) is 0 Å². The van der Waals surface area contributed by atoms with E-state index in [0.29, 0.717) is 0 Å². The summed E-state index contributed by atoms with van der Waals surface area (Å²) in [5.74, 6) is 0. The van der Waals surface area contributed by atoms with Gasteiger partial charge in [0.05, 0.1) is 0 Å². The summed E-state index contributed by atoms with van der Waals surface area (Å²) in [4.78, 5) is 8.35. The summed E-state index contributed by atoms with van der Waals surface area (Å²) in [6.07, 6.45) is 0.750. The Hall–Kier alpha value is -1.40. The Morgan fingerprint density at radius 2 is 1.91 bits per heavy atom. The number of carbonyl (C=O) groups excluding carboxylic acids is 1. The summed E-state index contributed by atoms with van der Waals surface area (Å²) in [7, 11) is 0. The van der Waals surface area contributed by atoms with Crippen LogP contribution in [0.25, 0.3) is 11.1 Å². The van der Waals surface area contributed by atoms with Gasteiger partial charge >= 0.3 is 0 Å². The van der Waals surface area contributed by atoms with E-state index in [0.717, 1.165) is 6.08 Å². The maximum absolute atomic E-state index is 8.35. The average molecular weight is 147 g/mol. The normalized spacial score (nSPS) is 9.27. The zero-order valence-electron chi connectivity index (χ0n) is 6.56. The molecule has 0 aromatic rings. The molecule has 0 atom stereocenters. The van der Waals surface area contributed by atoms with Crippen LogP contribution in [0.15, 0.2) is 12.1 Å². The van der Waals surface area contributed by atoms with Crippen molar-refractivity contribution in [2.75, 3.05) is 0 Å². The summed E-state index contributed by atoms with van der Waals surface area (Å²) >= 11 is 0. The van der Waals surface area contributed by atoms with Crippen LogP contribution in [0.1, 0.15) is 11.1 Å². The molecular weight excluding hydrogens is 138 g/mol. The number of isocyanates is 1. The predicted octanol–water partition coefficient (Wildman–Crippen LogP) is 2.18. The number of rotatable bonds is 0. The van der Waals surface area contributed by atoms with Gasteiger partial charge in [0.2, 0.25) is 6.08 Å². The number of benzene rings is 1. The second-order valence-electron chi connectivity index (χ2n) is 2.57. The maximum atomic E-state index is 8.35. The van der Waals surface area contributed by atoms with Crippen molar-refractivity contribution in [1.29, 1.82) is 5.41 Å². The molecule has 0 bridgehead atoms. The number of hydrogen-bond acceptors (Lipinski definition) is 2. The molecule has 0 spiro atoms. The molecule has 0 saturated carbocycles. The topological polar surface area (TPSA) is 40.9 Å². The Balaban J connectivity index is 0.000000179. The van der Waals surface area contributed by atoms with Crippen LogP contribution in [0, 0.1) is 19.3 Å². The number of hydrogen-bond donors (Lipinski definition) is 1. The van der Waals surface area contributed by atoms with Gasteiger partial charge in [0.15, 0.2) is 0 Å². The lowest BCUT2D eigenvalue weighted by Crippen LogP contribution is -1.65. The third-order valence-corrected chi connectivity index (χ3v) is 1.90. The van der Waals surface area contributed by atoms with Crippen LogP contribution < -0.4 is 0 Å². The molecule has 0 aromatic heterocycles. The van der Waals surface area contributed by atoms with E-state index >= 15 is 0 Å². The number of fused-ring (bicyclic) bond motifs is 1. The molecule has 0 unspecified atom stereocenters. The Morgan fingerprint density at radius 1 is 1.36 bits per heavy atom. The Morgan fingerprint density at radius 3 is 2.09 bits per heavy atom. The van der Waals surface area contributed by atoms with E-state index in [2.05, 4.69) is 26.0 Å². The highest BCUT2D eigenvalue weighted by Gasteiger charge is 2.16. The third-order valence-electron chi connectivity index (χ3n) is 1.90. The lowest BCUT2D eigenvalue weighted by atomic mass is 10.2. The van der Waals surface area contributed by atoms with E-state index < -0.39 is 0 Å². The molecule has 2 rings (SSSR count). The van der Waals surface area contributed by atoms with Gasteiger partial charge in [-0.25, -0.2) is 10.2 Å². The Bertz CT molecular complexity index is 323. The fourth-order valence-corrected chi connectivity index (χ4v) is 1.12. The summed E-state index contributed by atoms with van der Waals surface area (Å²) in [6.45, 7) is 4.34. The Kier molecular flexibility index (Phi) is 1.88. The van der Waals surface area contributed by atoms with Gasteiger partial charge in [-0.1, -0.05) is 6.07 Å². The first-order valence-corrected chi connectivity index (χ1v) is 3.36. The minimum atomic E-state index is 0.750. The Labute approximate surface area is 65.4 Å². The number of nitrogens with one attached hydrogen (secondary N) is 1. The van der Waals surface area contributed by atoms with Gasteiger partial charge in [-0.3, -0.25) is 0 Å². The van der Waals surface area contributed by atoms with Gasteiger partial charge in [0.1, 0.15) is 0 Å². The lowest BCUT2D eigenvalue weighted by Gasteiger charge is -1.83. The van der Waals surface area contributed by atoms with E-state index in [4.69, 9.17) is 10.2 Å². The SMILES string of the molecule is Cc1cc2cc-2c1C.N=C=O. The standard InChI is InChI=1S/C8H8.CHNO/c1-5-3-7-4-8(7)6(5)2;2-1-3/h3-4H,1-2H3;2H. The van der Waals surface area contributed by atoms with Gasteiger partial charge in [0.25, 0.3) is 0 Å². The van der Waals surface area contributed by atoms with Crippen LogP contribution in [0.4, 0.5) is 0 Å². The average Bonchev–Trinajstić information content (AvgIpc) is 2.62. The minimum Gasteiger partial charge on any atom is -0.222 e. The summed E-state index contributed by atoms with van der Waals surface area (Å²) in [5.41, 5.74) is 5.86. The third kappa shape index (κ3) is 1.36. The molecule has 0 radical (unpaired) electrons. The first-order valence-electron chi connectivity index (χ1n) is 3.36. The van der Waals surface area contributed by atoms with Crippen LogP contribution in [0.2, 0.25) is 0 Å². The van der Waals surface area contributed by atoms with Crippen LogP contribution in [-0.2, 0) is 4.79 Å². The molecule has 0 saturated heterocycles. The van der Waals surface area contributed by atoms with E-state index in [1.807, 2.05) is 0 Å². The molecule has 2 aliphatic carbocycles. The molecule has 2 heteroatoms. The first-order chi connectivity index (χ1) is 5.20. The van der Waals surface area contributed by atoms with Crippen molar-refractivity contribution in [3.8, 4) is 11.1 Å². The monoisotopic (exact) mass is 147 g/mol. The lowest BCUT2D eigenvalue weighted by molar-refractivity contribution is 0.563. The minimum absolute atomic E-state index is 0.750. The molecule has 2 aliphatic rings. The molecule has 0 heterocycles. The predicted molar refractivity (Wildman–Crippen MR) is 43.3 cm³/mol. The van der Waals surface area contributed by atoms with Crippen molar-refractivity contribution in [3.05, 3.63) is 23.3 Å². The van der Waals surface area contributed by atoms with E-state index in [1.165, 1.54) is 22.3 Å². The van der Waals surface area contributed by atoms with E-state index in [-0.39, 0.29) is 0 Å². The zero-order valence-corrected chi connectivity index (χ0v) is 6.56. The summed E-state index contributed by atoms with van der Waals surface area (Å²) in [6, 6.07) is 4.47. The van der Waals surface area contributed by atoms with Crippen molar-refractivity contribution in [2.45, 2.75) is 13.8 Å². The largest absolute Gasteiger partial charge is 0.231 e. The molecule has 11 heavy (non-hydrogen) atoms. The highest BCUT2D eigenvalue weighted by Crippen LogP contribution is 2.40. The highest BCUT2D eigenvalue weighted by molar-refractivity contribution is 5.86. The van der Waals surface area contributed by atoms with Crippen LogP contribution in [0.5, 0.6) is 0 Å². The molecular formula is C9H9NO. The highest BCUT2D eigenvalue weighted by atomic mass is 16.1. The fraction of sp³-hybridized carbons (Fsp3) is 0.222. The van der Waals surface area contributed by atoms with E-state index in [1.54, 1.807) is 0 Å². The molecule has 0 aromatic carbocycles. The molecule has 1 N–H and O–H groups in total. The van der Waals surface area contributed by atoms with Crippen molar-refractivity contribution < 1.29 is 4.79 Å². The van der Waals surface area contributed by atoms with Gasteiger partial charge in [-0.15, -0.1) is 0 Å². The van der Waals surface area contributed by atoms with Crippen LogP contribution >= 0.6 is 0 Å². The summed E-state index contributed by atoms with van der Waals surface area (Å²) in [5, 5.41) is 5.40. The second kappa shape index (κ2) is 2.69. The summed E-state index contributed by atoms with van der Waals surface area (Å²) < 4.78 is 0. The quantitative estimate of drug-likeness (QED) is 0.450. The van der Waals surface area contributed by atoms with Gasteiger partial charge < -0.3 is 0 Å². The van der Waals surface area contributed by atoms with Crippen molar-refractivity contribution in [3.63, 3.8) is 0 Å². The molecule has 2 nitrogen and oxygen atoms in total. The van der Waals surface area contributed by atoms with Gasteiger partial charge in [-0.05, 0) is 42.2 Å². The van der Waals surface area contributed by atoms with Crippen molar-refractivity contribution >= 4 is 6.08 Å². The first kappa shape index (κ1) is 7.70. The van der Waals surface area contributed by atoms with Crippen LogP contribution in [0.3, 0.4) is 0 Å². The smallest absolute Gasteiger partial charge is 0.222 e. The fourth-order valence-electron chi connectivity index (χ4n) is 1.12. The molecule has 0 fully saturated rings. The molecule has 0 aliphatic heterocycles. The molecule has 0 amide bonds. The zero-order chi connectivity index (χ0) is 8.43.